The van der Waals surface area contributed by atoms with Gasteiger partial charge in [0.1, 0.15) is 6.10 Å². The predicted octanol–water partition coefficient (Wildman–Crippen LogP) is 1.01. The van der Waals surface area contributed by atoms with E-state index in [9.17, 15) is 5.11 Å². The highest BCUT2D eigenvalue weighted by molar-refractivity contribution is 5.15. The Morgan fingerprint density at radius 2 is 2.41 bits per heavy atom. The van der Waals surface area contributed by atoms with E-state index in [0.29, 0.717) is 12.2 Å². The van der Waals surface area contributed by atoms with Crippen LogP contribution in [0.25, 0.3) is 0 Å². The zero-order valence-electron chi connectivity index (χ0n) is 9.75. The van der Waals surface area contributed by atoms with Crippen molar-refractivity contribution < 1.29 is 9.84 Å². The highest BCUT2D eigenvalue weighted by Gasteiger charge is 2.56. The Balaban J connectivity index is 1.91. The van der Waals surface area contributed by atoms with E-state index in [1.807, 2.05) is 18.2 Å². The second-order valence-electron chi connectivity index (χ2n) is 5.12. The van der Waals surface area contributed by atoms with E-state index in [-0.39, 0.29) is 17.6 Å². The first-order valence-corrected chi connectivity index (χ1v) is 6.21. The zero-order chi connectivity index (χ0) is 11.9. The average Bonchev–Trinajstić information content (AvgIpc) is 2.99. The van der Waals surface area contributed by atoms with E-state index < -0.39 is 6.10 Å². The standard InChI is InChI=1S/C13H18N2O2/c14-8-13(7-9-4-5-11(13)17-9)12(16)10-3-1-2-6-15-10/h1-3,6,9,11-12,16H,4-5,7-8,14H2. The lowest BCUT2D eigenvalue weighted by Crippen LogP contribution is -2.44. The molecule has 0 radical (unpaired) electrons. The maximum absolute atomic E-state index is 10.6. The van der Waals surface area contributed by atoms with Gasteiger partial charge in [-0.2, -0.15) is 0 Å². The van der Waals surface area contributed by atoms with E-state index in [1.54, 1.807) is 6.20 Å². The first-order valence-electron chi connectivity index (χ1n) is 6.21. The highest BCUT2D eigenvalue weighted by Crippen LogP contribution is 2.53. The fourth-order valence-corrected chi connectivity index (χ4v) is 3.28. The second kappa shape index (κ2) is 4.05. The quantitative estimate of drug-likeness (QED) is 0.819. The molecule has 3 heterocycles. The van der Waals surface area contributed by atoms with Gasteiger partial charge in [-0.3, -0.25) is 4.98 Å². The molecule has 0 amide bonds. The minimum absolute atomic E-state index is 0.0921. The topological polar surface area (TPSA) is 68.4 Å². The van der Waals surface area contributed by atoms with Crippen molar-refractivity contribution in [2.45, 2.75) is 37.6 Å². The number of aliphatic hydroxyl groups is 1. The lowest BCUT2D eigenvalue weighted by Gasteiger charge is -2.38. The van der Waals surface area contributed by atoms with E-state index in [4.69, 9.17) is 10.5 Å². The lowest BCUT2D eigenvalue weighted by atomic mass is 9.69. The number of hydrogen-bond acceptors (Lipinski definition) is 4. The minimum Gasteiger partial charge on any atom is -0.386 e. The maximum atomic E-state index is 10.6. The number of hydrogen-bond donors (Lipinski definition) is 2. The summed E-state index contributed by atoms with van der Waals surface area (Å²) in [5, 5.41) is 10.6. The summed E-state index contributed by atoms with van der Waals surface area (Å²) in [6.45, 7) is 0.450. The van der Waals surface area contributed by atoms with Crippen LogP contribution in [0.2, 0.25) is 0 Å². The van der Waals surface area contributed by atoms with Crippen molar-refractivity contribution in [3.63, 3.8) is 0 Å². The normalized spacial score (nSPS) is 37.3. The number of fused-ring (bicyclic) bond motifs is 2. The van der Waals surface area contributed by atoms with Crippen LogP contribution in [0.4, 0.5) is 0 Å². The number of nitrogens with two attached hydrogens (primary N) is 1. The number of aliphatic hydroxyl groups excluding tert-OH is 1. The van der Waals surface area contributed by atoms with Gasteiger partial charge in [-0.15, -0.1) is 0 Å². The lowest BCUT2D eigenvalue weighted by molar-refractivity contribution is -0.0285. The Bertz CT molecular complexity index is 398. The van der Waals surface area contributed by atoms with Gasteiger partial charge in [-0.25, -0.2) is 0 Å². The molecule has 4 atom stereocenters. The molecule has 1 aromatic rings. The molecular formula is C13H18N2O2. The molecule has 0 aromatic carbocycles. The van der Waals surface area contributed by atoms with Crippen LogP contribution in [0.5, 0.6) is 0 Å². The van der Waals surface area contributed by atoms with Crippen molar-refractivity contribution in [1.29, 1.82) is 0 Å². The third-order valence-electron chi connectivity index (χ3n) is 4.25. The first-order chi connectivity index (χ1) is 8.26. The molecule has 4 nitrogen and oxygen atoms in total. The molecule has 2 aliphatic rings. The van der Waals surface area contributed by atoms with Crippen LogP contribution in [0, 0.1) is 5.41 Å². The predicted molar refractivity (Wildman–Crippen MR) is 63.2 cm³/mol. The Kier molecular flexibility index (Phi) is 2.65. The van der Waals surface area contributed by atoms with Crippen LogP contribution in [0.1, 0.15) is 31.1 Å². The first kappa shape index (κ1) is 11.1. The Labute approximate surface area is 101 Å². The van der Waals surface area contributed by atoms with E-state index >= 15 is 0 Å². The van der Waals surface area contributed by atoms with Gasteiger partial charge in [-0.05, 0) is 31.4 Å². The van der Waals surface area contributed by atoms with Crippen LogP contribution in [0.15, 0.2) is 24.4 Å². The molecule has 2 bridgehead atoms. The average molecular weight is 234 g/mol. The molecule has 2 saturated heterocycles. The molecule has 2 aliphatic heterocycles. The molecule has 1 aromatic heterocycles. The van der Waals surface area contributed by atoms with Crippen LogP contribution in [-0.4, -0.2) is 28.8 Å². The second-order valence-corrected chi connectivity index (χ2v) is 5.12. The van der Waals surface area contributed by atoms with E-state index in [2.05, 4.69) is 4.98 Å². The maximum Gasteiger partial charge on any atom is 0.105 e. The minimum atomic E-state index is -0.621. The van der Waals surface area contributed by atoms with Crippen LogP contribution in [0.3, 0.4) is 0 Å². The van der Waals surface area contributed by atoms with Crippen molar-refractivity contribution in [2.75, 3.05) is 6.54 Å². The van der Waals surface area contributed by atoms with E-state index in [0.717, 1.165) is 19.3 Å². The smallest absolute Gasteiger partial charge is 0.105 e. The number of aromatic nitrogens is 1. The number of nitrogens with zero attached hydrogens (tertiary/aromatic N) is 1. The molecule has 3 N–H and O–H groups in total. The number of rotatable bonds is 3. The van der Waals surface area contributed by atoms with Gasteiger partial charge in [0.15, 0.2) is 0 Å². The number of pyridine rings is 1. The van der Waals surface area contributed by atoms with Crippen molar-refractivity contribution in [1.82, 2.24) is 4.98 Å². The molecule has 17 heavy (non-hydrogen) atoms. The molecule has 0 saturated carbocycles. The van der Waals surface area contributed by atoms with Gasteiger partial charge in [0.05, 0.1) is 17.9 Å². The van der Waals surface area contributed by atoms with Crippen molar-refractivity contribution in [3.8, 4) is 0 Å². The molecule has 3 rings (SSSR count). The van der Waals surface area contributed by atoms with Gasteiger partial charge in [-0.1, -0.05) is 6.07 Å². The fourth-order valence-electron chi connectivity index (χ4n) is 3.28. The van der Waals surface area contributed by atoms with Crippen molar-refractivity contribution in [3.05, 3.63) is 30.1 Å². The summed E-state index contributed by atoms with van der Waals surface area (Å²) in [4.78, 5) is 4.24. The van der Waals surface area contributed by atoms with Crippen LogP contribution in [-0.2, 0) is 4.74 Å². The van der Waals surface area contributed by atoms with Gasteiger partial charge in [0.2, 0.25) is 0 Å². The Hall–Kier alpha value is -0.970. The molecule has 2 fully saturated rings. The Morgan fingerprint density at radius 3 is 2.94 bits per heavy atom. The summed E-state index contributed by atoms with van der Waals surface area (Å²) < 4.78 is 5.85. The molecule has 0 aliphatic carbocycles. The number of ether oxygens (including phenoxy) is 1. The fraction of sp³-hybridized carbons (Fsp3) is 0.615. The molecule has 92 valence electrons. The molecule has 4 heteroatoms. The van der Waals surface area contributed by atoms with Crippen molar-refractivity contribution in [2.24, 2.45) is 11.1 Å². The van der Waals surface area contributed by atoms with Gasteiger partial charge in [0.25, 0.3) is 0 Å². The summed E-state index contributed by atoms with van der Waals surface area (Å²) in [6.07, 6.45) is 4.41. The summed E-state index contributed by atoms with van der Waals surface area (Å²) in [7, 11) is 0. The van der Waals surface area contributed by atoms with Crippen LogP contribution >= 0.6 is 0 Å². The zero-order valence-corrected chi connectivity index (χ0v) is 9.75. The summed E-state index contributed by atoms with van der Waals surface area (Å²) in [6, 6.07) is 5.60. The van der Waals surface area contributed by atoms with Gasteiger partial charge in [0, 0.05) is 18.2 Å². The highest BCUT2D eigenvalue weighted by atomic mass is 16.5. The third kappa shape index (κ3) is 1.59. The SMILES string of the molecule is NCC1(C(O)c2ccccn2)CC2CCC1O2. The monoisotopic (exact) mass is 234 g/mol. The van der Waals surface area contributed by atoms with Gasteiger partial charge >= 0.3 is 0 Å². The van der Waals surface area contributed by atoms with Crippen LogP contribution < -0.4 is 5.73 Å². The summed E-state index contributed by atoms with van der Waals surface area (Å²) >= 11 is 0. The summed E-state index contributed by atoms with van der Waals surface area (Å²) in [5.41, 5.74) is 6.29. The molecule has 0 spiro atoms. The van der Waals surface area contributed by atoms with E-state index in [1.165, 1.54) is 0 Å². The third-order valence-corrected chi connectivity index (χ3v) is 4.25. The molecule has 4 unspecified atom stereocenters. The summed E-state index contributed by atoms with van der Waals surface area (Å²) in [5.74, 6) is 0. The van der Waals surface area contributed by atoms with Gasteiger partial charge < -0.3 is 15.6 Å². The van der Waals surface area contributed by atoms with Crippen molar-refractivity contribution >= 4 is 0 Å². The molecular weight excluding hydrogens is 216 g/mol. The largest absolute Gasteiger partial charge is 0.386 e. The Morgan fingerprint density at radius 1 is 1.53 bits per heavy atom.